The SMILES string of the molecule is N#Cc1ccc(-n2c3ccc(C#N)cc3c3cccc(-c4cccc(-c5ccc6c7ccccc7n(-c7ccccc7C#N)c6c5)c4)c32)cc1. The Bertz CT molecular complexity index is 2960. The summed E-state index contributed by atoms with van der Waals surface area (Å²) < 4.78 is 4.43. The van der Waals surface area contributed by atoms with Gasteiger partial charge in [-0.25, -0.2) is 0 Å². The van der Waals surface area contributed by atoms with E-state index < -0.39 is 0 Å². The van der Waals surface area contributed by atoms with E-state index in [-0.39, 0.29) is 0 Å². The molecule has 0 N–H and O–H groups in total. The molecule has 0 bridgehead atoms. The van der Waals surface area contributed by atoms with Crippen molar-refractivity contribution in [3.05, 3.63) is 168 Å². The van der Waals surface area contributed by atoms with Gasteiger partial charge >= 0.3 is 0 Å². The number of nitrogens with zero attached hydrogens (tertiary/aromatic N) is 5. The van der Waals surface area contributed by atoms with E-state index in [4.69, 9.17) is 0 Å². The standard InChI is InChI=1S/C45H25N5/c46-26-29-15-19-35(20-16-29)49-43-22-17-30(27-47)23-40(43)39-12-6-11-36(45(39)49)33-9-5-8-31(24-33)32-18-21-38-37-10-2-4-14-42(37)50(44(38)25-32)41-13-3-1-7-34(41)28-48/h1-25H. The number of hydrogen-bond donors (Lipinski definition) is 0. The van der Waals surface area contributed by atoms with Gasteiger partial charge in [0.15, 0.2) is 0 Å². The summed E-state index contributed by atoms with van der Waals surface area (Å²) in [6, 6.07) is 57.9. The van der Waals surface area contributed by atoms with E-state index in [0.717, 1.165) is 77.2 Å². The molecule has 0 fully saturated rings. The highest BCUT2D eigenvalue weighted by molar-refractivity contribution is 6.14. The molecule has 0 spiro atoms. The molecule has 0 radical (unpaired) electrons. The van der Waals surface area contributed by atoms with Gasteiger partial charge in [-0.1, -0.05) is 78.9 Å². The second kappa shape index (κ2) is 11.4. The van der Waals surface area contributed by atoms with Crippen LogP contribution in [0.15, 0.2) is 152 Å². The van der Waals surface area contributed by atoms with Crippen LogP contribution in [0.1, 0.15) is 16.7 Å². The largest absolute Gasteiger partial charge is 0.309 e. The van der Waals surface area contributed by atoms with Crippen molar-refractivity contribution in [1.82, 2.24) is 9.13 Å². The van der Waals surface area contributed by atoms with Crippen LogP contribution < -0.4 is 0 Å². The second-order valence-electron chi connectivity index (χ2n) is 12.3. The molecule has 0 unspecified atom stereocenters. The Morgan fingerprint density at radius 1 is 0.400 bits per heavy atom. The molecule has 0 aliphatic rings. The quantitative estimate of drug-likeness (QED) is 0.193. The molecule has 0 atom stereocenters. The predicted molar refractivity (Wildman–Crippen MR) is 200 cm³/mol. The van der Waals surface area contributed by atoms with Gasteiger partial charge in [-0.15, -0.1) is 0 Å². The normalized spacial score (nSPS) is 11.1. The minimum Gasteiger partial charge on any atom is -0.309 e. The van der Waals surface area contributed by atoms with E-state index in [1.54, 1.807) is 0 Å². The van der Waals surface area contributed by atoms with Gasteiger partial charge in [0.05, 0.1) is 56.6 Å². The molecule has 9 rings (SSSR count). The molecule has 2 aromatic heterocycles. The van der Waals surface area contributed by atoms with Gasteiger partial charge in [-0.3, -0.25) is 0 Å². The van der Waals surface area contributed by atoms with Gasteiger partial charge in [0, 0.05) is 32.8 Å². The summed E-state index contributed by atoms with van der Waals surface area (Å²) in [7, 11) is 0. The fraction of sp³-hybridized carbons (Fsp3) is 0. The average Bonchev–Trinajstić information content (AvgIpc) is 3.70. The first kappa shape index (κ1) is 28.8. The van der Waals surface area contributed by atoms with Crippen LogP contribution in [0.4, 0.5) is 0 Å². The topological polar surface area (TPSA) is 81.2 Å². The van der Waals surface area contributed by atoms with Crippen LogP contribution in [-0.2, 0) is 0 Å². The number of benzene rings is 7. The molecule has 9 aromatic rings. The average molecular weight is 636 g/mol. The van der Waals surface area contributed by atoms with Crippen molar-refractivity contribution in [3.8, 4) is 51.8 Å². The third-order valence-corrected chi connectivity index (χ3v) is 9.62. The fourth-order valence-electron chi connectivity index (χ4n) is 7.36. The third-order valence-electron chi connectivity index (χ3n) is 9.62. The summed E-state index contributed by atoms with van der Waals surface area (Å²) in [5, 5.41) is 33.5. The predicted octanol–water partition coefficient (Wildman–Crippen LogP) is 10.8. The molecular weight excluding hydrogens is 611 g/mol. The molecule has 2 heterocycles. The van der Waals surface area contributed by atoms with Crippen LogP contribution in [0.25, 0.3) is 77.2 Å². The summed E-state index contributed by atoms with van der Waals surface area (Å²) in [4.78, 5) is 0. The lowest BCUT2D eigenvalue weighted by Gasteiger charge is -2.13. The van der Waals surface area contributed by atoms with E-state index >= 15 is 0 Å². The van der Waals surface area contributed by atoms with Gasteiger partial charge in [0.25, 0.3) is 0 Å². The van der Waals surface area contributed by atoms with Gasteiger partial charge < -0.3 is 9.13 Å². The number of rotatable bonds is 4. The second-order valence-corrected chi connectivity index (χ2v) is 12.3. The van der Waals surface area contributed by atoms with Crippen LogP contribution in [0.3, 0.4) is 0 Å². The lowest BCUT2D eigenvalue weighted by Crippen LogP contribution is -1.97. The first-order chi connectivity index (χ1) is 24.7. The monoisotopic (exact) mass is 635 g/mol. The Hall–Kier alpha value is -7.39. The lowest BCUT2D eigenvalue weighted by molar-refractivity contribution is 1.17. The molecule has 230 valence electrons. The Morgan fingerprint density at radius 3 is 1.92 bits per heavy atom. The van der Waals surface area contributed by atoms with Crippen molar-refractivity contribution in [2.24, 2.45) is 0 Å². The lowest BCUT2D eigenvalue weighted by atomic mass is 9.96. The van der Waals surface area contributed by atoms with Gasteiger partial charge in [0.1, 0.15) is 6.07 Å². The minimum absolute atomic E-state index is 0.598. The van der Waals surface area contributed by atoms with E-state index in [0.29, 0.717) is 16.7 Å². The van der Waals surface area contributed by atoms with Crippen LogP contribution in [-0.4, -0.2) is 9.13 Å². The van der Waals surface area contributed by atoms with Crippen LogP contribution >= 0.6 is 0 Å². The Balaban J connectivity index is 1.27. The Kier molecular flexibility index (Phi) is 6.56. The minimum atomic E-state index is 0.598. The van der Waals surface area contributed by atoms with Crippen molar-refractivity contribution >= 4 is 43.6 Å². The van der Waals surface area contributed by atoms with Gasteiger partial charge in [-0.2, -0.15) is 15.8 Å². The molecule has 5 nitrogen and oxygen atoms in total. The first-order valence-corrected chi connectivity index (χ1v) is 16.3. The highest BCUT2D eigenvalue weighted by Gasteiger charge is 2.19. The van der Waals surface area contributed by atoms with Crippen molar-refractivity contribution in [3.63, 3.8) is 0 Å². The van der Waals surface area contributed by atoms with Crippen molar-refractivity contribution in [1.29, 1.82) is 15.8 Å². The molecule has 5 heteroatoms. The zero-order valence-electron chi connectivity index (χ0n) is 26.7. The van der Waals surface area contributed by atoms with Crippen LogP contribution in [0, 0.1) is 34.0 Å². The Labute approximate surface area is 287 Å². The van der Waals surface area contributed by atoms with Crippen molar-refractivity contribution in [2.45, 2.75) is 0 Å². The third kappa shape index (κ3) is 4.38. The summed E-state index contributed by atoms with van der Waals surface area (Å²) in [5.74, 6) is 0. The van der Waals surface area contributed by atoms with E-state index in [1.165, 1.54) is 0 Å². The number of nitriles is 3. The fourth-order valence-corrected chi connectivity index (χ4v) is 7.36. The maximum Gasteiger partial charge on any atom is 0.101 e. The maximum absolute atomic E-state index is 10.0. The highest BCUT2D eigenvalue weighted by atomic mass is 15.0. The smallest absolute Gasteiger partial charge is 0.101 e. The molecule has 50 heavy (non-hydrogen) atoms. The number of fused-ring (bicyclic) bond motifs is 6. The maximum atomic E-state index is 10.0. The van der Waals surface area contributed by atoms with E-state index in [9.17, 15) is 15.8 Å². The van der Waals surface area contributed by atoms with Crippen LogP contribution in [0.5, 0.6) is 0 Å². The highest BCUT2D eigenvalue weighted by Crippen LogP contribution is 2.40. The van der Waals surface area contributed by atoms with E-state index in [2.05, 4.69) is 106 Å². The number of para-hydroxylation sites is 3. The van der Waals surface area contributed by atoms with Crippen molar-refractivity contribution < 1.29 is 0 Å². The van der Waals surface area contributed by atoms with Gasteiger partial charge in [0.2, 0.25) is 0 Å². The number of aromatic nitrogens is 2. The number of hydrogen-bond acceptors (Lipinski definition) is 3. The zero-order valence-corrected chi connectivity index (χ0v) is 26.7. The zero-order chi connectivity index (χ0) is 33.8. The summed E-state index contributed by atoms with van der Waals surface area (Å²) in [5.41, 5.74) is 12.0. The summed E-state index contributed by atoms with van der Waals surface area (Å²) in [6.45, 7) is 0. The van der Waals surface area contributed by atoms with Crippen molar-refractivity contribution in [2.75, 3.05) is 0 Å². The van der Waals surface area contributed by atoms with E-state index in [1.807, 2.05) is 72.8 Å². The first-order valence-electron chi connectivity index (χ1n) is 16.3. The summed E-state index contributed by atoms with van der Waals surface area (Å²) >= 11 is 0. The van der Waals surface area contributed by atoms with Crippen LogP contribution in [0.2, 0.25) is 0 Å². The molecule has 0 aliphatic carbocycles. The molecular formula is C45H25N5. The van der Waals surface area contributed by atoms with Gasteiger partial charge in [-0.05, 0) is 89.5 Å². The Morgan fingerprint density at radius 2 is 1.08 bits per heavy atom. The molecule has 7 aromatic carbocycles. The molecule has 0 aliphatic heterocycles. The molecule has 0 saturated carbocycles. The molecule has 0 amide bonds. The summed E-state index contributed by atoms with van der Waals surface area (Å²) in [6.07, 6.45) is 0. The molecule has 0 saturated heterocycles.